The van der Waals surface area contributed by atoms with Gasteiger partial charge in [0.25, 0.3) is 0 Å². The van der Waals surface area contributed by atoms with Crippen molar-refractivity contribution >= 4 is 13.1 Å². The van der Waals surface area contributed by atoms with Crippen LogP contribution in [-0.4, -0.2) is 0 Å². The standard InChI is InChI=1S/C16H19OP/c1-12-9-13(2)16(14(3)10-12)11-18(17)15-7-5-4-6-8-15/h4-10,18H,11H2,1-3H3. The zero-order chi connectivity index (χ0) is 13.1. The summed E-state index contributed by atoms with van der Waals surface area (Å²) in [4.78, 5) is 0. The molecular formula is C16H19OP. The Balaban J connectivity index is 2.28. The Bertz CT molecular complexity index is 550. The second kappa shape index (κ2) is 5.54. The average Bonchev–Trinajstić information content (AvgIpc) is 2.34. The van der Waals surface area contributed by atoms with Crippen LogP contribution in [0.3, 0.4) is 0 Å². The molecule has 2 aromatic carbocycles. The van der Waals surface area contributed by atoms with Gasteiger partial charge in [-0.3, -0.25) is 0 Å². The Morgan fingerprint density at radius 2 is 1.50 bits per heavy atom. The summed E-state index contributed by atoms with van der Waals surface area (Å²) in [6.45, 7) is 6.31. The maximum atomic E-state index is 12.4. The van der Waals surface area contributed by atoms with Crippen molar-refractivity contribution in [2.75, 3.05) is 0 Å². The van der Waals surface area contributed by atoms with Gasteiger partial charge in [-0.25, -0.2) is 0 Å². The van der Waals surface area contributed by atoms with E-state index in [1.807, 2.05) is 30.3 Å². The zero-order valence-corrected chi connectivity index (χ0v) is 12.2. The minimum Gasteiger partial charge on any atom is -0.322 e. The summed E-state index contributed by atoms with van der Waals surface area (Å²) in [6.07, 6.45) is 0.673. The highest BCUT2D eigenvalue weighted by Crippen LogP contribution is 2.30. The van der Waals surface area contributed by atoms with Gasteiger partial charge in [0.15, 0.2) is 0 Å². The van der Waals surface area contributed by atoms with E-state index in [0.29, 0.717) is 6.16 Å². The lowest BCUT2D eigenvalue weighted by atomic mass is 10.0. The van der Waals surface area contributed by atoms with Gasteiger partial charge in [0.05, 0.1) is 0 Å². The number of hydrogen-bond acceptors (Lipinski definition) is 1. The summed E-state index contributed by atoms with van der Waals surface area (Å²) in [5, 5.41) is 0.974. The molecule has 2 rings (SSSR count). The van der Waals surface area contributed by atoms with Crippen molar-refractivity contribution in [3.8, 4) is 0 Å². The summed E-state index contributed by atoms with van der Waals surface area (Å²) >= 11 is 0. The van der Waals surface area contributed by atoms with Crippen molar-refractivity contribution in [1.29, 1.82) is 0 Å². The van der Waals surface area contributed by atoms with E-state index >= 15 is 0 Å². The highest BCUT2D eigenvalue weighted by molar-refractivity contribution is 7.52. The molecule has 18 heavy (non-hydrogen) atoms. The van der Waals surface area contributed by atoms with Gasteiger partial charge in [-0.1, -0.05) is 48.0 Å². The Kier molecular flexibility index (Phi) is 4.04. The van der Waals surface area contributed by atoms with Crippen LogP contribution in [0.1, 0.15) is 22.3 Å². The Hall–Kier alpha value is -1.33. The molecule has 2 heteroatoms. The molecule has 0 aromatic heterocycles. The quantitative estimate of drug-likeness (QED) is 0.760. The first-order valence-corrected chi connectivity index (χ1v) is 7.84. The van der Waals surface area contributed by atoms with E-state index in [4.69, 9.17) is 0 Å². The first-order chi connectivity index (χ1) is 8.58. The largest absolute Gasteiger partial charge is 0.322 e. The smallest absolute Gasteiger partial charge is 0.108 e. The van der Waals surface area contributed by atoms with Crippen LogP contribution in [0, 0.1) is 20.8 Å². The number of rotatable bonds is 3. The van der Waals surface area contributed by atoms with Gasteiger partial charge < -0.3 is 4.57 Å². The molecule has 0 radical (unpaired) electrons. The summed E-state index contributed by atoms with van der Waals surface area (Å²) in [5.41, 5.74) is 5.02. The summed E-state index contributed by atoms with van der Waals surface area (Å²) in [6, 6.07) is 14.1. The molecule has 0 aliphatic carbocycles. The van der Waals surface area contributed by atoms with Crippen LogP contribution in [0.15, 0.2) is 42.5 Å². The molecule has 0 heterocycles. The second-order valence-corrected chi connectivity index (χ2v) is 6.62. The maximum Gasteiger partial charge on any atom is 0.108 e. The topological polar surface area (TPSA) is 17.1 Å². The van der Waals surface area contributed by atoms with E-state index in [-0.39, 0.29) is 0 Å². The lowest BCUT2D eigenvalue weighted by Gasteiger charge is -2.11. The van der Waals surface area contributed by atoms with Crippen molar-refractivity contribution in [2.24, 2.45) is 0 Å². The third kappa shape index (κ3) is 2.91. The first kappa shape index (κ1) is 13.1. The highest BCUT2D eigenvalue weighted by Gasteiger charge is 2.09. The summed E-state index contributed by atoms with van der Waals surface area (Å²) in [5.74, 6) is 0. The van der Waals surface area contributed by atoms with Crippen molar-refractivity contribution in [1.82, 2.24) is 0 Å². The molecule has 1 unspecified atom stereocenters. The Labute approximate surface area is 110 Å². The molecule has 0 amide bonds. The van der Waals surface area contributed by atoms with Crippen LogP contribution in [0.5, 0.6) is 0 Å². The van der Waals surface area contributed by atoms with Gasteiger partial charge in [-0.15, -0.1) is 0 Å². The molecule has 1 atom stereocenters. The molecule has 1 nitrogen and oxygen atoms in total. The van der Waals surface area contributed by atoms with E-state index in [0.717, 1.165) is 5.30 Å². The molecule has 0 saturated heterocycles. The number of aryl methyl sites for hydroxylation is 3. The van der Waals surface area contributed by atoms with E-state index in [1.165, 1.54) is 22.3 Å². The number of hydrogen-bond donors (Lipinski definition) is 0. The predicted octanol–water partition coefficient (Wildman–Crippen LogP) is 4.00. The van der Waals surface area contributed by atoms with Gasteiger partial charge >= 0.3 is 0 Å². The fraction of sp³-hybridized carbons (Fsp3) is 0.250. The maximum absolute atomic E-state index is 12.4. The zero-order valence-electron chi connectivity index (χ0n) is 11.2. The Morgan fingerprint density at radius 1 is 0.944 bits per heavy atom. The normalized spacial score (nSPS) is 12.4. The molecule has 0 aliphatic heterocycles. The molecule has 0 aliphatic rings. The lowest BCUT2D eigenvalue weighted by molar-refractivity contribution is 0.592. The third-order valence-corrected chi connectivity index (χ3v) is 4.93. The van der Waals surface area contributed by atoms with E-state index in [9.17, 15) is 4.57 Å². The fourth-order valence-corrected chi connectivity index (χ4v) is 4.02. The predicted molar refractivity (Wildman–Crippen MR) is 79.4 cm³/mol. The molecule has 0 saturated carbocycles. The molecule has 0 spiro atoms. The SMILES string of the molecule is Cc1cc(C)c(C[PH](=O)c2ccccc2)c(C)c1. The van der Waals surface area contributed by atoms with Crippen molar-refractivity contribution in [3.05, 3.63) is 64.7 Å². The molecule has 0 N–H and O–H groups in total. The van der Waals surface area contributed by atoms with Crippen molar-refractivity contribution < 1.29 is 4.57 Å². The monoisotopic (exact) mass is 258 g/mol. The summed E-state index contributed by atoms with van der Waals surface area (Å²) < 4.78 is 12.4. The van der Waals surface area contributed by atoms with Gasteiger partial charge in [-0.2, -0.15) is 0 Å². The van der Waals surface area contributed by atoms with Crippen molar-refractivity contribution in [3.63, 3.8) is 0 Å². The highest BCUT2D eigenvalue weighted by atomic mass is 31.1. The molecule has 94 valence electrons. The molecule has 0 bridgehead atoms. The molecule has 0 fully saturated rings. The fourth-order valence-electron chi connectivity index (χ4n) is 2.38. The summed E-state index contributed by atoms with van der Waals surface area (Å²) in [7, 11) is -1.73. The first-order valence-electron chi connectivity index (χ1n) is 6.23. The number of benzene rings is 2. The van der Waals surface area contributed by atoms with Crippen LogP contribution in [0.4, 0.5) is 0 Å². The molecule has 2 aromatic rings. The molecular weight excluding hydrogens is 239 g/mol. The average molecular weight is 258 g/mol. The minimum absolute atomic E-state index is 0.673. The van der Waals surface area contributed by atoms with Crippen LogP contribution in [-0.2, 0) is 10.7 Å². The van der Waals surface area contributed by atoms with Crippen LogP contribution < -0.4 is 5.30 Å². The van der Waals surface area contributed by atoms with E-state index < -0.39 is 7.80 Å². The lowest BCUT2D eigenvalue weighted by Crippen LogP contribution is -1.99. The second-order valence-electron chi connectivity index (χ2n) is 4.84. The van der Waals surface area contributed by atoms with Crippen LogP contribution in [0.25, 0.3) is 0 Å². The van der Waals surface area contributed by atoms with Crippen LogP contribution >= 0.6 is 7.80 Å². The van der Waals surface area contributed by atoms with Crippen molar-refractivity contribution in [2.45, 2.75) is 26.9 Å². The van der Waals surface area contributed by atoms with Crippen LogP contribution in [0.2, 0.25) is 0 Å². The minimum atomic E-state index is -1.73. The third-order valence-electron chi connectivity index (χ3n) is 3.27. The van der Waals surface area contributed by atoms with Gasteiger partial charge in [0.2, 0.25) is 0 Å². The Morgan fingerprint density at radius 3 is 2.06 bits per heavy atom. The van der Waals surface area contributed by atoms with Gasteiger partial charge in [0, 0.05) is 11.5 Å². The van der Waals surface area contributed by atoms with E-state index in [1.54, 1.807) is 0 Å². The van der Waals surface area contributed by atoms with Gasteiger partial charge in [-0.05, 0) is 37.5 Å². The van der Waals surface area contributed by atoms with E-state index in [2.05, 4.69) is 32.9 Å². The van der Waals surface area contributed by atoms with Gasteiger partial charge in [0.1, 0.15) is 7.80 Å².